The zero-order chi connectivity index (χ0) is 19.4. The lowest BCUT2D eigenvalue weighted by Crippen LogP contribution is -2.40. The minimum absolute atomic E-state index is 0.0346. The van der Waals surface area contributed by atoms with Crippen LogP contribution in [0.1, 0.15) is 36.4 Å². The number of pyridine rings is 1. The van der Waals surface area contributed by atoms with Gasteiger partial charge in [-0.15, -0.1) is 0 Å². The second-order valence-corrected chi connectivity index (χ2v) is 8.68. The summed E-state index contributed by atoms with van der Waals surface area (Å²) >= 11 is 0. The molecule has 8 nitrogen and oxygen atoms in total. The molecule has 1 fully saturated rings. The molecule has 1 aliphatic heterocycles. The van der Waals surface area contributed by atoms with Gasteiger partial charge in [0.25, 0.3) is 0 Å². The molecule has 3 rings (SSSR count). The van der Waals surface area contributed by atoms with Gasteiger partial charge in [0, 0.05) is 25.7 Å². The van der Waals surface area contributed by atoms with Crippen molar-refractivity contribution in [1.29, 1.82) is 0 Å². The summed E-state index contributed by atoms with van der Waals surface area (Å²) in [6.07, 6.45) is 3.39. The van der Waals surface area contributed by atoms with Gasteiger partial charge in [0.2, 0.25) is 15.9 Å². The highest BCUT2D eigenvalue weighted by Crippen LogP contribution is 2.28. The van der Waals surface area contributed by atoms with Gasteiger partial charge in [-0.25, -0.2) is 8.42 Å². The van der Waals surface area contributed by atoms with Crippen LogP contribution in [0.3, 0.4) is 0 Å². The van der Waals surface area contributed by atoms with Gasteiger partial charge in [-0.05, 0) is 44.7 Å². The van der Waals surface area contributed by atoms with E-state index >= 15 is 0 Å². The van der Waals surface area contributed by atoms with E-state index in [0.29, 0.717) is 50.4 Å². The molecule has 27 heavy (non-hydrogen) atoms. The molecular formula is C18H24N4O4S. The lowest BCUT2D eigenvalue weighted by atomic mass is 9.94. The molecule has 1 aliphatic rings. The van der Waals surface area contributed by atoms with E-state index in [0.717, 1.165) is 5.69 Å². The van der Waals surface area contributed by atoms with Crippen LogP contribution in [-0.4, -0.2) is 41.9 Å². The summed E-state index contributed by atoms with van der Waals surface area (Å²) in [7, 11) is -3.61. The fourth-order valence-electron chi connectivity index (χ4n) is 3.35. The Morgan fingerprint density at radius 3 is 2.63 bits per heavy atom. The number of nitrogens with one attached hydrogen (secondary N) is 1. The molecule has 0 unspecified atom stereocenters. The van der Waals surface area contributed by atoms with E-state index in [1.807, 2.05) is 18.2 Å². The average Bonchev–Trinajstić information content (AvgIpc) is 3.00. The van der Waals surface area contributed by atoms with Crippen LogP contribution in [0.15, 0.2) is 33.8 Å². The Morgan fingerprint density at radius 1 is 1.30 bits per heavy atom. The van der Waals surface area contributed by atoms with E-state index in [4.69, 9.17) is 4.52 Å². The summed E-state index contributed by atoms with van der Waals surface area (Å²) < 4.78 is 32.1. The number of sulfonamides is 1. The predicted molar refractivity (Wildman–Crippen MR) is 98.2 cm³/mol. The maximum atomic E-state index is 12.8. The second kappa shape index (κ2) is 8.18. The van der Waals surface area contributed by atoms with Crippen LogP contribution in [-0.2, 0) is 21.4 Å². The van der Waals surface area contributed by atoms with E-state index < -0.39 is 10.0 Å². The number of aryl methyl sites for hydroxylation is 2. The third-order valence-electron chi connectivity index (χ3n) is 4.81. The van der Waals surface area contributed by atoms with Crippen LogP contribution in [0, 0.1) is 19.8 Å². The number of hydrogen-bond acceptors (Lipinski definition) is 6. The van der Waals surface area contributed by atoms with Crippen molar-refractivity contribution in [3.05, 3.63) is 41.5 Å². The molecule has 0 spiro atoms. The SMILES string of the molecule is Cc1noc(C)c1S(=O)(=O)N1CCC(CC(=O)NCc2ccccn2)CC1. The normalized spacial score (nSPS) is 16.4. The molecule has 9 heteroatoms. The number of amides is 1. The third-order valence-corrected chi connectivity index (χ3v) is 6.95. The average molecular weight is 392 g/mol. The van der Waals surface area contributed by atoms with Gasteiger partial charge in [0.1, 0.15) is 10.6 Å². The van der Waals surface area contributed by atoms with Gasteiger partial charge < -0.3 is 9.84 Å². The van der Waals surface area contributed by atoms with E-state index in [1.54, 1.807) is 20.0 Å². The van der Waals surface area contributed by atoms with Gasteiger partial charge >= 0.3 is 0 Å². The first-order chi connectivity index (χ1) is 12.9. The fraction of sp³-hybridized carbons (Fsp3) is 0.500. The highest BCUT2D eigenvalue weighted by Gasteiger charge is 2.34. The number of carbonyl (C=O) groups excluding carboxylic acids is 1. The van der Waals surface area contributed by atoms with Crippen LogP contribution in [0.4, 0.5) is 0 Å². The monoisotopic (exact) mass is 392 g/mol. The Balaban J connectivity index is 1.51. The highest BCUT2D eigenvalue weighted by molar-refractivity contribution is 7.89. The van der Waals surface area contributed by atoms with Crippen LogP contribution in [0.25, 0.3) is 0 Å². The number of hydrogen-bond donors (Lipinski definition) is 1. The van der Waals surface area contributed by atoms with Crippen molar-refractivity contribution in [3.8, 4) is 0 Å². The van der Waals surface area contributed by atoms with Gasteiger partial charge in [-0.3, -0.25) is 9.78 Å². The maximum absolute atomic E-state index is 12.8. The van der Waals surface area contributed by atoms with Gasteiger partial charge in [-0.1, -0.05) is 11.2 Å². The van der Waals surface area contributed by atoms with Crippen molar-refractivity contribution in [2.45, 2.75) is 44.6 Å². The smallest absolute Gasteiger partial charge is 0.248 e. The van der Waals surface area contributed by atoms with Gasteiger partial charge in [0.15, 0.2) is 5.76 Å². The van der Waals surface area contributed by atoms with Crippen molar-refractivity contribution in [3.63, 3.8) is 0 Å². The summed E-state index contributed by atoms with van der Waals surface area (Å²) in [6, 6.07) is 5.57. The molecule has 1 saturated heterocycles. The Bertz CT molecular complexity index is 868. The first-order valence-electron chi connectivity index (χ1n) is 8.97. The molecule has 0 radical (unpaired) electrons. The summed E-state index contributed by atoms with van der Waals surface area (Å²) in [6.45, 7) is 4.42. The molecule has 1 N–H and O–H groups in total. The Morgan fingerprint density at radius 2 is 2.04 bits per heavy atom. The second-order valence-electron chi connectivity index (χ2n) is 6.80. The summed E-state index contributed by atoms with van der Waals surface area (Å²) in [4.78, 5) is 16.5. The van der Waals surface area contributed by atoms with Gasteiger partial charge in [0.05, 0.1) is 12.2 Å². The lowest BCUT2D eigenvalue weighted by Gasteiger charge is -2.30. The topological polar surface area (TPSA) is 105 Å². The van der Waals surface area contributed by atoms with Crippen molar-refractivity contribution >= 4 is 15.9 Å². The number of piperidine rings is 1. The number of nitrogens with zero attached hydrogens (tertiary/aromatic N) is 3. The van der Waals surface area contributed by atoms with Crippen LogP contribution in [0.5, 0.6) is 0 Å². The van der Waals surface area contributed by atoms with E-state index in [9.17, 15) is 13.2 Å². The molecule has 3 heterocycles. The Kier molecular flexibility index (Phi) is 5.91. The Hall–Kier alpha value is -2.26. The van der Waals surface area contributed by atoms with Crippen molar-refractivity contribution in [2.24, 2.45) is 5.92 Å². The molecule has 0 saturated carbocycles. The zero-order valence-electron chi connectivity index (χ0n) is 15.5. The summed E-state index contributed by atoms with van der Waals surface area (Å²) in [5.41, 5.74) is 1.19. The highest BCUT2D eigenvalue weighted by atomic mass is 32.2. The standard InChI is InChI=1S/C18H24N4O4S/c1-13-18(14(2)26-21-13)27(24,25)22-9-6-15(7-10-22)11-17(23)20-12-16-5-3-4-8-19-16/h3-5,8,15H,6-7,9-12H2,1-2H3,(H,20,23). The van der Waals surface area contributed by atoms with Crippen molar-refractivity contribution in [2.75, 3.05) is 13.1 Å². The van der Waals surface area contributed by atoms with E-state index in [1.165, 1.54) is 4.31 Å². The first-order valence-corrected chi connectivity index (χ1v) is 10.4. The first kappa shape index (κ1) is 19.5. The number of rotatable bonds is 6. The van der Waals surface area contributed by atoms with Crippen molar-refractivity contribution in [1.82, 2.24) is 19.8 Å². The van der Waals surface area contributed by atoms with E-state index in [2.05, 4.69) is 15.5 Å². The number of aromatic nitrogens is 2. The predicted octanol–water partition coefficient (Wildman–Crippen LogP) is 1.79. The molecular weight excluding hydrogens is 368 g/mol. The van der Waals surface area contributed by atoms with Crippen LogP contribution >= 0.6 is 0 Å². The number of carbonyl (C=O) groups is 1. The zero-order valence-corrected chi connectivity index (χ0v) is 16.3. The fourth-order valence-corrected chi connectivity index (χ4v) is 5.11. The molecule has 0 aliphatic carbocycles. The van der Waals surface area contributed by atoms with Crippen molar-refractivity contribution < 1.29 is 17.7 Å². The summed E-state index contributed by atoms with van der Waals surface area (Å²) in [5.74, 6) is 0.445. The molecule has 0 atom stereocenters. The maximum Gasteiger partial charge on any atom is 0.248 e. The minimum Gasteiger partial charge on any atom is -0.360 e. The molecule has 0 aromatic carbocycles. The molecule has 0 bridgehead atoms. The molecule has 1 amide bonds. The molecule has 146 valence electrons. The summed E-state index contributed by atoms with van der Waals surface area (Å²) in [5, 5.41) is 6.61. The van der Waals surface area contributed by atoms with Gasteiger partial charge in [-0.2, -0.15) is 4.31 Å². The Labute approximate surface area is 159 Å². The quantitative estimate of drug-likeness (QED) is 0.803. The van der Waals surface area contributed by atoms with Crippen LogP contribution < -0.4 is 5.32 Å². The largest absolute Gasteiger partial charge is 0.360 e. The molecule has 2 aromatic rings. The van der Waals surface area contributed by atoms with E-state index in [-0.39, 0.29) is 16.7 Å². The third kappa shape index (κ3) is 4.54. The lowest BCUT2D eigenvalue weighted by molar-refractivity contribution is -0.122. The van der Waals surface area contributed by atoms with Crippen LogP contribution in [0.2, 0.25) is 0 Å². The minimum atomic E-state index is -3.61. The molecule has 2 aromatic heterocycles.